The molecule has 0 spiro atoms. The molecule has 0 aliphatic rings. The number of hydrogen-bond donors (Lipinski definition) is 1. The van der Waals surface area contributed by atoms with E-state index >= 15 is 0 Å². The van der Waals surface area contributed by atoms with E-state index < -0.39 is 0 Å². The van der Waals surface area contributed by atoms with Gasteiger partial charge in [0.1, 0.15) is 0 Å². The summed E-state index contributed by atoms with van der Waals surface area (Å²) in [5, 5.41) is 0. The number of rotatable bonds is 4. The van der Waals surface area contributed by atoms with Crippen molar-refractivity contribution in [2.45, 2.75) is 6.92 Å². The maximum Gasteiger partial charge on any atom is 0.169 e. The van der Waals surface area contributed by atoms with Crippen LogP contribution >= 0.6 is 11.3 Å². The molecule has 0 atom stereocenters. The summed E-state index contributed by atoms with van der Waals surface area (Å²) in [7, 11) is 1.54. The number of Topliss-reactive ketones (excluding diaryl/α,β-unsaturated/α-hetero) is 1. The lowest BCUT2D eigenvalue weighted by molar-refractivity contribution is 0.102. The van der Waals surface area contributed by atoms with Gasteiger partial charge in [-0.3, -0.25) is 15.1 Å². The largest absolute Gasteiger partial charge is 0.294 e. The van der Waals surface area contributed by atoms with Gasteiger partial charge in [0.2, 0.25) is 0 Å². The van der Waals surface area contributed by atoms with Crippen molar-refractivity contribution in [2.75, 3.05) is 7.11 Å². The van der Waals surface area contributed by atoms with Crippen molar-refractivity contribution in [3.63, 3.8) is 0 Å². The third-order valence-electron chi connectivity index (χ3n) is 1.41. The number of thiophene rings is 1. The van der Waals surface area contributed by atoms with E-state index in [0.29, 0.717) is 0 Å². The second kappa shape index (κ2) is 4.79. The molecule has 0 radical (unpaired) electrons. The Balaban J connectivity index is 2.64. The smallest absolute Gasteiger partial charge is 0.169 e. The number of hydroxylamine groups is 1. The summed E-state index contributed by atoms with van der Waals surface area (Å²) < 4.78 is 0. The van der Waals surface area contributed by atoms with Crippen LogP contribution in [-0.4, -0.2) is 12.9 Å². The Hall–Kier alpha value is -1.13. The molecule has 1 heterocycles. The van der Waals surface area contributed by atoms with Gasteiger partial charge < -0.3 is 0 Å². The number of ketones is 1. The maximum atomic E-state index is 10.9. The van der Waals surface area contributed by atoms with Crippen molar-refractivity contribution >= 4 is 23.2 Å². The monoisotopic (exact) mass is 197 g/mol. The van der Waals surface area contributed by atoms with E-state index in [1.807, 2.05) is 18.2 Å². The molecule has 0 saturated carbocycles. The van der Waals surface area contributed by atoms with E-state index in [9.17, 15) is 4.79 Å². The van der Waals surface area contributed by atoms with E-state index in [0.717, 1.165) is 9.75 Å². The van der Waals surface area contributed by atoms with Crippen LogP contribution in [0.3, 0.4) is 0 Å². The molecule has 1 aromatic rings. The minimum absolute atomic E-state index is 0.101. The van der Waals surface area contributed by atoms with Gasteiger partial charge >= 0.3 is 0 Å². The van der Waals surface area contributed by atoms with Gasteiger partial charge in [0.15, 0.2) is 5.78 Å². The molecule has 0 fully saturated rings. The lowest BCUT2D eigenvalue weighted by Gasteiger charge is -1.90. The van der Waals surface area contributed by atoms with Crippen LogP contribution in [-0.2, 0) is 4.84 Å². The number of carbonyl (C=O) groups excluding carboxylic acids is 1. The SMILES string of the molecule is CONC=Cc1ccc(C(C)=O)s1. The zero-order valence-corrected chi connectivity index (χ0v) is 8.35. The standard InChI is InChI=1S/C9H11NO2S/c1-7(11)9-4-3-8(13-9)5-6-10-12-2/h3-6,10H,1-2H3. The highest BCUT2D eigenvalue weighted by Gasteiger charge is 2.01. The van der Waals surface area contributed by atoms with E-state index in [4.69, 9.17) is 0 Å². The zero-order chi connectivity index (χ0) is 9.68. The predicted octanol–water partition coefficient (Wildman–Crippen LogP) is 2.07. The molecule has 0 amide bonds. The van der Waals surface area contributed by atoms with E-state index in [2.05, 4.69) is 10.3 Å². The van der Waals surface area contributed by atoms with Gasteiger partial charge in [-0.15, -0.1) is 11.3 Å². The van der Waals surface area contributed by atoms with Crippen LogP contribution in [0.5, 0.6) is 0 Å². The number of nitrogens with one attached hydrogen (secondary N) is 1. The lowest BCUT2D eigenvalue weighted by Crippen LogP contribution is -1.99. The molecule has 4 heteroatoms. The third kappa shape index (κ3) is 3.01. The summed E-state index contributed by atoms with van der Waals surface area (Å²) in [5.74, 6) is 0.101. The van der Waals surface area contributed by atoms with Crippen LogP contribution in [0.4, 0.5) is 0 Å². The molecule has 1 aromatic heterocycles. The van der Waals surface area contributed by atoms with Crippen LogP contribution in [0.2, 0.25) is 0 Å². The van der Waals surface area contributed by atoms with Crippen molar-refractivity contribution in [2.24, 2.45) is 0 Å². The summed E-state index contributed by atoms with van der Waals surface area (Å²) in [4.78, 5) is 17.4. The Bertz CT molecular complexity index is 317. The van der Waals surface area contributed by atoms with Gasteiger partial charge in [0, 0.05) is 11.1 Å². The zero-order valence-electron chi connectivity index (χ0n) is 7.53. The van der Waals surface area contributed by atoms with Crippen LogP contribution in [0.25, 0.3) is 6.08 Å². The Morgan fingerprint density at radius 3 is 2.92 bits per heavy atom. The van der Waals surface area contributed by atoms with Crippen LogP contribution in [0.15, 0.2) is 18.3 Å². The fraction of sp³-hybridized carbons (Fsp3) is 0.222. The second-order valence-corrected chi connectivity index (χ2v) is 3.53. The molecule has 13 heavy (non-hydrogen) atoms. The Morgan fingerprint density at radius 1 is 1.62 bits per heavy atom. The number of carbonyl (C=O) groups is 1. The van der Waals surface area contributed by atoms with Gasteiger partial charge in [-0.25, -0.2) is 0 Å². The fourth-order valence-electron chi connectivity index (χ4n) is 0.816. The molecular weight excluding hydrogens is 186 g/mol. The maximum absolute atomic E-state index is 10.9. The van der Waals surface area contributed by atoms with E-state index in [1.165, 1.54) is 11.3 Å². The predicted molar refractivity (Wildman–Crippen MR) is 53.5 cm³/mol. The molecule has 0 saturated heterocycles. The molecule has 0 aromatic carbocycles. The van der Waals surface area contributed by atoms with Gasteiger partial charge in [-0.2, -0.15) is 0 Å². The van der Waals surface area contributed by atoms with Crippen molar-refractivity contribution < 1.29 is 9.63 Å². The number of hydrogen-bond acceptors (Lipinski definition) is 4. The molecule has 3 nitrogen and oxygen atoms in total. The first kappa shape index (κ1) is 9.95. The summed E-state index contributed by atoms with van der Waals surface area (Å²) >= 11 is 1.46. The minimum atomic E-state index is 0.101. The van der Waals surface area contributed by atoms with Crippen LogP contribution in [0.1, 0.15) is 21.5 Å². The molecule has 0 unspecified atom stereocenters. The van der Waals surface area contributed by atoms with Crippen LogP contribution < -0.4 is 5.48 Å². The van der Waals surface area contributed by atoms with E-state index in [-0.39, 0.29) is 5.78 Å². The molecule has 1 N–H and O–H groups in total. The highest BCUT2D eigenvalue weighted by atomic mass is 32.1. The minimum Gasteiger partial charge on any atom is -0.294 e. The topological polar surface area (TPSA) is 38.3 Å². The first-order valence-electron chi connectivity index (χ1n) is 3.80. The highest BCUT2D eigenvalue weighted by Crippen LogP contribution is 2.17. The summed E-state index contributed by atoms with van der Waals surface area (Å²) in [6.45, 7) is 1.56. The summed E-state index contributed by atoms with van der Waals surface area (Å²) in [6, 6.07) is 3.72. The first-order chi connectivity index (χ1) is 6.24. The average molecular weight is 197 g/mol. The Morgan fingerprint density at radius 2 is 2.38 bits per heavy atom. The van der Waals surface area contributed by atoms with Crippen molar-refractivity contribution in [3.8, 4) is 0 Å². The Labute approximate surface area is 81.0 Å². The molecular formula is C9H11NO2S. The lowest BCUT2D eigenvalue weighted by atomic mass is 10.3. The fourth-order valence-corrected chi connectivity index (χ4v) is 1.62. The van der Waals surface area contributed by atoms with Gasteiger partial charge in [-0.05, 0) is 25.1 Å². The summed E-state index contributed by atoms with van der Waals surface area (Å²) in [5.41, 5.74) is 2.58. The molecule has 0 bridgehead atoms. The second-order valence-electron chi connectivity index (χ2n) is 2.41. The molecule has 1 rings (SSSR count). The third-order valence-corrected chi connectivity index (χ3v) is 2.56. The average Bonchev–Trinajstić information content (AvgIpc) is 2.53. The van der Waals surface area contributed by atoms with Crippen molar-refractivity contribution in [1.82, 2.24) is 5.48 Å². The van der Waals surface area contributed by atoms with E-state index in [1.54, 1.807) is 20.2 Å². The van der Waals surface area contributed by atoms with Gasteiger partial charge in [0.25, 0.3) is 0 Å². The van der Waals surface area contributed by atoms with Gasteiger partial charge in [0.05, 0.1) is 12.0 Å². The van der Waals surface area contributed by atoms with Gasteiger partial charge in [-0.1, -0.05) is 0 Å². The molecule has 70 valence electrons. The Kier molecular flexibility index (Phi) is 3.67. The van der Waals surface area contributed by atoms with Crippen molar-refractivity contribution in [3.05, 3.63) is 28.1 Å². The normalized spacial score (nSPS) is 10.6. The quantitative estimate of drug-likeness (QED) is 0.593. The summed E-state index contributed by atoms with van der Waals surface area (Å²) in [6.07, 6.45) is 3.52. The van der Waals surface area contributed by atoms with Crippen molar-refractivity contribution in [1.29, 1.82) is 0 Å². The highest BCUT2D eigenvalue weighted by molar-refractivity contribution is 7.14. The molecule has 0 aliphatic heterocycles. The van der Waals surface area contributed by atoms with Crippen LogP contribution in [0, 0.1) is 0 Å². The first-order valence-corrected chi connectivity index (χ1v) is 4.61. The molecule has 0 aliphatic carbocycles.